The molecule has 0 aromatic heterocycles. The van der Waals surface area contributed by atoms with E-state index in [0.29, 0.717) is 0 Å². The molecule has 0 unspecified atom stereocenters. The number of hydrogen-bond acceptors (Lipinski definition) is 6. The molecule has 1 rings (SSSR count). The lowest BCUT2D eigenvalue weighted by Gasteiger charge is -2.07. The molecule has 0 atom stereocenters. The van der Waals surface area contributed by atoms with Crippen LogP contribution in [0.4, 0.5) is 11.4 Å². The van der Waals surface area contributed by atoms with Crippen molar-refractivity contribution in [2.75, 3.05) is 17.6 Å². The Kier molecular flexibility index (Phi) is 5.00. The minimum atomic E-state index is -3.59. The zero-order valence-corrected chi connectivity index (χ0v) is 11.1. The van der Waals surface area contributed by atoms with Gasteiger partial charge >= 0.3 is 5.97 Å². The number of hydrogen-bond donors (Lipinski definition) is 3. The topological polar surface area (TPSA) is 153 Å². The maximum atomic E-state index is 10.8. The Balaban J connectivity index is 2.83. The minimum Gasteiger partial charge on any atom is -0.478 e. The summed E-state index contributed by atoms with van der Waals surface area (Å²) in [5.41, 5.74) is -0.375. The molecule has 20 heavy (non-hydrogen) atoms. The molecule has 110 valence electrons. The van der Waals surface area contributed by atoms with Crippen LogP contribution >= 0.6 is 0 Å². The van der Waals surface area contributed by atoms with Crippen LogP contribution in [0, 0.1) is 10.1 Å². The van der Waals surface area contributed by atoms with Gasteiger partial charge in [-0.3, -0.25) is 10.1 Å². The van der Waals surface area contributed by atoms with Crippen molar-refractivity contribution >= 4 is 27.4 Å². The van der Waals surface area contributed by atoms with Gasteiger partial charge in [-0.05, 0) is 18.6 Å². The maximum absolute atomic E-state index is 10.8. The second kappa shape index (κ2) is 6.30. The van der Waals surface area contributed by atoms with Gasteiger partial charge in [-0.1, -0.05) is 0 Å². The summed E-state index contributed by atoms with van der Waals surface area (Å²) in [6.07, 6.45) is 0.146. The van der Waals surface area contributed by atoms with E-state index in [2.05, 4.69) is 5.32 Å². The number of rotatable bonds is 7. The molecule has 0 aliphatic rings. The Bertz CT molecular complexity index is 628. The Morgan fingerprint density at radius 1 is 1.45 bits per heavy atom. The van der Waals surface area contributed by atoms with Crippen molar-refractivity contribution in [1.82, 2.24) is 0 Å². The van der Waals surface area contributed by atoms with Gasteiger partial charge < -0.3 is 10.4 Å². The number of nitrogens with one attached hydrogen (secondary N) is 1. The summed E-state index contributed by atoms with van der Waals surface area (Å²) in [6, 6.07) is 3.32. The molecule has 0 bridgehead atoms. The summed E-state index contributed by atoms with van der Waals surface area (Å²) in [6.45, 7) is 0.111. The molecule has 0 aliphatic heterocycles. The molecular formula is C10H13N3O6S. The molecule has 9 nitrogen and oxygen atoms in total. The smallest absolute Gasteiger partial charge is 0.335 e. The standard InChI is InChI=1S/C10H13N3O6S/c11-20(18,19)5-1-4-12-8-6-7(10(14)15)2-3-9(8)13(16)17/h2-3,6,12H,1,4-5H2,(H,14,15)(H2,11,18,19). The van der Waals surface area contributed by atoms with Crippen LogP contribution in [0.5, 0.6) is 0 Å². The molecule has 0 saturated carbocycles. The van der Waals surface area contributed by atoms with E-state index in [-0.39, 0.29) is 35.7 Å². The third-order valence-electron chi connectivity index (χ3n) is 2.36. The average Bonchev–Trinajstić information content (AvgIpc) is 2.33. The van der Waals surface area contributed by atoms with Crippen LogP contribution in [-0.2, 0) is 10.0 Å². The fraction of sp³-hybridized carbons (Fsp3) is 0.300. The van der Waals surface area contributed by atoms with E-state index in [1.807, 2.05) is 0 Å². The molecule has 0 fully saturated rings. The van der Waals surface area contributed by atoms with Crippen molar-refractivity contribution in [2.24, 2.45) is 5.14 Å². The van der Waals surface area contributed by atoms with Crippen LogP contribution in [0.1, 0.15) is 16.8 Å². The highest BCUT2D eigenvalue weighted by Crippen LogP contribution is 2.25. The highest BCUT2D eigenvalue weighted by atomic mass is 32.2. The number of sulfonamides is 1. The van der Waals surface area contributed by atoms with Crippen LogP contribution in [0.25, 0.3) is 0 Å². The van der Waals surface area contributed by atoms with Gasteiger partial charge in [-0.15, -0.1) is 0 Å². The van der Waals surface area contributed by atoms with Gasteiger partial charge in [-0.25, -0.2) is 18.4 Å². The number of carbonyl (C=O) groups is 1. The number of nitrogens with zero attached hydrogens (tertiary/aromatic N) is 1. The lowest BCUT2D eigenvalue weighted by Crippen LogP contribution is -2.19. The molecule has 0 heterocycles. The van der Waals surface area contributed by atoms with Crippen molar-refractivity contribution in [2.45, 2.75) is 6.42 Å². The van der Waals surface area contributed by atoms with Gasteiger partial charge in [-0.2, -0.15) is 0 Å². The molecule has 1 aromatic carbocycles. The summed E-state index contributed by atoms with van der Waals surface area (Å²) in [7, 11) is -3.59. The predicted octanol–water partition coefficient (Wildman–Crippen LogP) is 0.383. The van der Waals surface area contributed by atoms with Crippen LogP contribution in [0.15, 0.2) is 18.2 Å². The van der Waals surface area contributed by atoms with Crippen LogP contribution in [-0.4, -0.2) is 36.7 Å². The third kappa shape index (κ3) is 4.82. The van der Waals surface area contributed by atoms with Gasteiger partial charge in [0.05, 0.1) is 16.2 Å². The van der Waals surface area contributed by atoms with E-state index < -0.39 is 20.9 Å². The summed E-state index contributed by atoms with van der Waals surface area (Å²) in [5, 5.41) is 27.1. The molecule has 0 aliphatic carbocycles. The lowest BCUT2D eigenvalue weighted by atomic mass is 10.1. The van der Waals surface area contributed by atoms with E-state index in [9.17, 15) is 23.3 Å². The number of nitro groups is 1. The fourth-order valence-electron chi connectivity index (χ4n) is 1.47. The van der Waals surface area contributed by atoms with Crippen molar-refractivity contribution in [3.63, 3.8) is 0 Å². The molecule has 0 amide bonds. The molecule has 1 aromatic rings. The summed E-state index contributed by atoms with van der Waals surface area (Å²) in [5.74, 6) is -1.49. The Morgan fingerprint density at radius 3 is 2.60 bits per heavy atom. The largest absolute Gasteiger partial charge is 0.478 e. The number of primary sulfonamides is 1. The molecule has 10 heteroatoms. The van der Waals surface area contributed by atoms with Crippen molar-refractivity contribution in [3.8, 4) is 0 Å². The minimum absolute atomic E-state index is 0.0179. The second-order valence-corrected chi connectivity index (χ2v) is 5.68. The number of carboxylic acid groups (broad SMARTS) is 1. The second-order valence-electron chi connectivity index (χ2n) is 3.94. The van der Waals surface area contributed by atoms with Crippen LogP contribution in [0.3, 0.4) is 0 Å². The monoisotopic (exact) mass is 303 g/mol. The highest BCUT2D eigenvalue weighted by molar-refractivity contribution is 7.89. The van der Waals surface area contributed by atoms with Crippen LogP contribution in [0.2, 0.25) is 0 Å². The molecule has 4 N–H and O–H groups in total. The SMILES string of the molecule is NS(=O)(=O)CCCNc1cc(C(=O)O)ccc1[N+](=O)[O-]. The normalized spacial score (nSPS) is 11.1. The van der Waals surface area contributed by atoms with Gasteiger partial charge in [0.1, 0.15) is 5.69 Å². The number of anilines is 1. The Labute approximate surface area is 114 Å². The number of carboxylic acids is 1. The summed E-state index contributed by atoms with van der Waals surface area (Å²) in [4.78, 5) is 20.9. The van der Waals surface area contributed by atoms with Crippen molar-refractivity contribution < 1.29 is 23.2 Å². The first-order chi connectivity index (χ1) is 9.20. The van der Waals surface area contributed by atoms with Gasteiger partial charge in [0.15, 0.2) is 0 Å². The third-order valence-corrected chi connectivity index (χ3v) is 3.22. The number of benzene rings is 1. The average molecular weight is 303 g/mol. The summed E-state index contributed by atoms with van der Waals surface area (Å²) >= 11 is 0. The first kappa shape index (κ1) is 15.9. The van der Waals surface area contributed by atoms with E-state index in [4.69, 9.17) is 10.2 Å². The quantitative estimate of drug-likeness (QED) is 0.374. The van der Waals surface area contributed by atoms with E-state index in [1.54, 1.807) is 0 Å². The lowest BCUT2D eigenvalue weighted by molar-refractivity contribution is -0.384. The first-order valence-corrected chi connectivity index (χ1v) is 7.18. The summed E-state index contributed by atoms with van der Waals surface area (Å²) < 4.78 is 21.5. The van der Waals surface area contributed by atoms with Crippen molar-refractivity contribution in [1.29, 1.82) is 0 Å². The number of nitro benzene ring substituents is 1. The van der Waals surface area contributed by atoms with Gasteiger partial charge in [0, 0.05) is 12.6 Å². The molecule has 0 spiro atoms. The molecular weight excluding hydrogens is 290 g/mol. The molecule has 0 radical (unpaired) electrons. The van der Waals surface area contributed by atoms with Gasteiger partial charge in [0.2, 0.25) is 10.0 Å². The zero-order chi connectivity index (χ0) is 15.3. The maximum Gasteiger partial charge on any atom is 0.335 e. The predicted molar refractivity (Wildman–Crippen MR) is 71.1 cm³/mol. The first-order valence-electron chi connectivity index (χ1n) is 5.47. The van der Waals surface area contributed by atoms with Crippen molar-refractivity contribution in [3.05, 3.63) is 33.9 Å². The number of nitrogens with two attached hydrogens (primary N) is 1. The highest BCUT2D eigenvalue weighted by Gasteiger charge is 2.16. The van der Waals surface area contributed by atoms with Gasteiger partial charge in [0.25, 0.3) is 5.69 Å². The van der Waals surface area contributed by atoms with E-state index in [1.165, 1.54) is 0 Å². The number of aromatic carboxylic acids is 1. The zero-order valence-electron chi connectivity index (χ0n) is 10.3. The Hall–Kier alpha value is -2.20. The van der Waals surface area contributed by atoms with Crippen LogP contribution < -0.4 is 10.5 Å². The fourth-order valence-corrected chi connectivity index (χ4v) is 2.01. The van der Waals surface area contributed by atoms with E-state index >= 15 is 0 Å². The Morgan fingerprint density at radius 2 is 2.10 bits per heavy atom. The molecule has 0 saturated heterocycles. The van der Waals surface area contributed by atoms with E-state index in [0.717, 1.165) is 18.2 Å².